The quantitative estimate of drug-likeness (QED) is 0.523. The summed E-state index contributed by atoms with van der Waals surface area (Å²) in [6, 6.07) is 8.05. The maximum atomic E-state index is 13.1. The van der Waals surface area contributed by atoms with E-state index < -0.39 is 30.6 Å². The molecule has 1 aromatic rings. The normalized spacial score (nSPS) is 23.1. The molecule has 2 rings (SSSR count). The molecule has 1 saturated heterocycles. The van der Waals surface area contributed by atoms with E-state index in [1.54, 1.807) is 18.2 Å². The minimum Gasteiger partial charge on any atom is -0.459 e. The van der Waals surface area contributed by atoms with Crippen molar-refractivity contribution in [2.75, 3.05) is 6.61 Å². The van der Waals surface area contributed by atoms with Gasteiger partial charge in [0.2, 0.25) is 9.84 Å². The fraction of sp³-hybridized carbons (Fsp3) is 0.550. The molecule has 0 aliphatic carbocycles. The Balaban J connectivity index is 2.53. The summed E-state index contributed by atoms with van der Waals surface area (Å²) in [5.41, 5.74) is 0. The first-order valence-electron chi connectivity index (χ1n) is 9.18. The lowest BCUT2D eigenvalue weighted by atomic mass is 10.2. The summed E-state index contributed by atoms with van der Waals surface area (Å²) in [7, 11) is -6.86. The lowest BCUT2D eigenvalue weighted by Crippen LogP contribution is -2.65. The molecule has 0 saturated carbocycles. The van der Waals surface area contributed by atoms with Crippen LogP contribution in [0.4, 0.5) is 0 Å². The van der Waals surface area contributed by atoms with Crippen molar-refractivity contribution in [2.45, 2.75) is 68.7 Å². The molecular formula is C20H30O6SSi. The predicted octanol–water partition coefficient (Wildman–Crippen LogP) is 3.97. The van der Waals surface area contributed by atoms with Crippen LogP contribution in [0.3, 0.4) is 0 Å². The third kappa shape index (κ3) is 3.96. The van der Waals surface area contributed by atoms with Crippen LogP contribution in [-0.4, -0.2) is 42.3 Å². The molecule has 2 atom stereocenters. The van der Waals surface area contributed by atoms with Gasteiger partial charge in [-0.05, 0) is 12.1 Å². The summed E-state index contributed by atoms with van der Waals surface area (Å²) < 4.78 is 44.2. The monoisotopic (exact) mass is 426 g/mol. The molecular weight excluding hydrogens is 396 g/mol. The number of carbonyl (C=O) groups is 1. The summed E-state index contributed by atoms with van der Waals surface area (Å²) >= 11 is 0. The van der Waals surface area contributed by atoms with E-state index in [1.807, 2.05) is 41.5 Å². The largest absolute Gasteiger partial charge is 0.459 e. The van der Waals surface area contributed by atoms with Crippen LogP contribution >= 0.6 is 0 Å². The highest BCUT2D eigenvalue weighted by atomic mass is 32.2. The van der Waals surface area contributed by atoms with Crippen molar-refractivity contribution in [1.29, 1.82) is 0 Å². The fourth-order valence-corrected chi connectivity index (χ4v) is 10.2. The average Bonchev–Trinajstić information content (AvgIpc) is 2.60. The third-order valence-corrected chi connectivity index (χ3v) is 11.9. The molecule has 1 aromatic carbocycles. The van der Waals surface area contributed by atoms with Gasteiger partial charge in [0.05, 0.1) is 16.4 Å². The van der Waals surface area contributed by atoms with Crippen molar-refractivity contribution in [3.8, 4) is 0 Å². The first kappa shape index (κ1) is 22.8. The molecule has 0 radical (unpaired) electrons. The van der Waals surface area contributed by atoms with Gasteiger partial charge in [-0.15, -0.1) is 0 Å². The lowest BCUT2D eigenvalue weighted by Gasteiger charge is -2.54. The number of sulfone groups is 1. The molecule has 156 valence electrons. The Hall–Kier alpha value is -1.48. The highest BCUT2D eigenvalue weighted by molar-refractivity contribution is 7.95. The van der Waals surface area contributed by atoms with Crippen LogP contribution in [0.25, 0.3) is 0 Å². The molecule has 1 fully saturated rings. The first-order chi connectivity index (χ1) is 12.8. The second kappa shape index (κ2) is 7.74. The number of benzene rings is 1. The SMILES string of the molecule is C=C([C@@H]1O[Si](C(C)(C)C)(C(C)(C)C)OC[C@H]1OC=O)S(=O)(=O)c1ccccc1. The van der Waals surface area contributed by atoms with E-state index in [0.29, 0.717) is 0 Å². The van der Waals surface area contributed by atoms with Gasteiger partial charge < -0.3 is 13.6 Å². The summed E-state index contributed by atoms with van der Waals surface area (Å²) in [6.07, 6.45) is -1.89. The van der Waals surface area contributed by atoms with Crippen LogP contribution in [0.2, 0.25) is 10.1 Å². The molecule has 8 heteroatoms. The topological polar surface area (TPSA) is 78.9 Å². The zero-order valence-corrected chi connectivity index (χ0v) is 19.2. The molecule has 1 aliphatic rings. The Labute approximate surface area is 169 Å². The molecule has 0 unspecified atom stereocenters. The van der Waals surface area contributed by atoms with Gasteiger partial charge >= 0.3 is 8.56 Å². The molecule has 0 aromatic heterocycles. The Morgan fingerprint density at radius 3 is 2.14 bits per heavy atom. The van der Waals surface area contributed by atoms with Crippen LogP contribution in [0.1, 0.15) is 41.5 Å². The second-order valence-electron chi connectivity index (χ2n) is 9.02. The minimum absolute atomic E-state index is 0.0630. The van der Waals surface area contributed by atoms with E-state index in [-0.39, 0.29) is 33.0 Å². The maximum absolute atomic E-state index is 13.1. The van der Waals surface area contributed by atoms with Crippen molar-refractivity contribution in [3.05, 3.63) is 41.8 Å². The number of ether oxygens (including phenoxy) is 1. The molecule has 1 heterocycles. The molecule has 0 N–H and O–H groups in total. The Morgan fingerprint density at radius 1 is 1.14 bits per heavy atom. The van der Waals surface area contributed by atoms with Gasteiger partial charge in [0.25, 0.3) is 6.47 Å². The second-order valence-corrected chi connectivity index (χ2v) is 15.8. The number of carbonyl (C=O) groups excluding carboxylic acids is 1. The molecule has 28 heavy (non-hydrogen) atoms. The predicted molar refractivity (Wildman–Crippen MR) is 110 cm³/mol. The zero-order valence-electron chi connectivity index (χ0n) is 17.4. The van der Waals surface area contributed by atoms with Crippen molar-refractivity contribution in [1.82, 2.24) is 0 Å². The minimum atomic E-state index is -3.88. The van der Waals surface area contributed by atoms with Gasteiger partial charge in [-0.25, -0.2) is 8.42 Å². The van der Waals surface area contributed by atoms with Gasteiger partial charge in [-0.3, -0.25) is 4.79 Å². The van der Waals surface area contributed by atoms with E-state index in [1.165, 1.54) is 12.1 Å². The van der Waals surface area contributed by atoms with Gasteiger partial charge in [-0.1, -0.05) is 66.3 Å². The van der Waals surface area contributed by atoms with Crippen LogP contribution in [-0.2, 0) is 28.2 Å². The molecule has 1 aliphatic heterocycles. The third-order valence-electron chi connectivity index (χ3n) is 5.00. The van der Waals surface area contributed by atoms with E-state index in [0.717, 1.165) is 0 Å². The highest BCUT2D eigenvalue weighted by Gasteiger charge is 2.63. The highest BCUT2D eigenvalue weighted by Crippen LogP contribution is 2.55. The van der Waals surface area contributed by atoms with E-state index in [2.05, 4.69) is 6.58 Å². The van der Waals surface area contributed by atoms with Crippen LogP contribution < -0.4 is 0 Å². The Morgan fingerprint density at radius 2 is 1.68 bits per heavy atom. The van der Waals surface area contributed by atoms with E-state index >= 15 is 0 Å². The number of hydrogen-bond donors (Lipinski definition) is 0. The molecule has 0 bridgehead atoms. The molecule has 6 nitrogen and oxygen atoms in total. The zero-order chi connectivity index (χ0) is 21.4. The average molecular weight is 427 g/mol. The molecule has 0 amide bonds. The number of rotatable bonds is 5. The smallest absolute Gasteiger partial charge is 0.350 e. The van der Waals surface area contributed by atoms with Gasteiger partial charge in [0, 0.05) is 10.1 Å². The lowest BCUT2D eigenvalue weighted by molar-refractivity contribution is -0.146. The number of hydrogen-bond acceptors (Lipinski definition) is 6. The van der Waals surface area contributed by atoms with Crippen molar-refractivity contribution in [3.63, 3.8) is 0 Å². The van der Waals surface area contributed by atoms with Crippen molar-refractivity contribution in [2.24, 2.45) is 0 Å². The summed E-state index contributed by atoms with van der Waals surface area (Å²) in [4.78, 5) is 11.0. The van der Waals surface area contributed by atoms with E-state index in [9.17, 15) is 13.2 Å². The van der Waals surface area contributed by atoms with Gasteiger partial charge in [0.15, 0.2) is 6.10 Å². The summed E-state index contributed by atoms with van der Waals surface area (Å²) in [5, 5.41) is -0.709. The van der Waals surface area contributed by atoms with Crippen LogP contribution in [0.15, 0.2) is 46.7 Å². The Kier molecular flexibility index (Phi) is 6.30. The first-order valence-corrected chi connectivity index (χ1v) is 12.5. The standard InChI is InChI=1S/C20H30O6SSi/c1-15(27(22,23)16-11-9-8-10-12-16)18-17(24-14-21)13-25-28(26-18,19(2,3)4)20(5,6)7/h8-12,14,17-18H,1,13H2,2-7H3/t17-,18+/m1/s1. The van der Waals surface area contributed by atoms with Crippen molar-refractivity contribution < 1.29 is 26.8 Å². The van der Waals surface area contributed by atoms with Crippen LogP contribution in [0.5, 0.6) is 0 Å². The fourth-order valence-electron chi connectivity index (χ4n) is 3.85. The Bertz CT molecular complexity index is 806. The summed E-state index contributed by atoms with van der Waals surface area (Å²) in [5.74, 6) is 0. The maximum Gasteiger partial charge on any atom is 0.350 e. The van der Waals surface area contributed by atoms with Gasteiger partial charge in [-0.2, -0.15) is 0 Å². The molecule has 0 spiro atoms. The summed E-state index contributed by atoms with van der Waals surface area (Å²) in [6.45, 7) is 16.3. The van der Waals surface area contributed by atoms with Gasteiger partial charge in [0.1, 0.15) is 6.10 Å². The van der Waals surface area contributed by atoms with Crippen LogP contribution in [0, 0.1) is 0 Å². The van der Waals surface area contributed by atoms with Crippen molar-refractivity contribution >= 4 is 24.9 Å². The van der Waals surface area contributed by atoms with E-state index in [4.69, 9.17) is 13.6 Å².